The minimum absolute atomic E-state index is 0.0287. The van der Waals surface area contributed by atoms with Crippen molar-refractivity contribution in [3.8, 4) is 11.1 Å². The molecule has 17 heteroatoms. The van der Waals surface area contributed by atoms with Gasteiger partial charge in [0, 0.05) is 61.5 Å². The number of pyridine rings is 1. The second-order valence-corrected chi connectivity index (χ2v) is 22.4. The summed E-state index contributed by atoms with van der Waals surface area (Å²) < 4.78 is 10.1. The summed E-state index contributed by atoms with van der Waals surface area (Å²) in [5, 5.41) is 50.5. The van der Waals surface area contributed by atoms with E-state index in [1.165, 1.54) is 17.8 Å². The number of rotatable bonds is 18. The van der Waals surface area contributed by atoms with Gasteiger partial charge in [-0.25, -0.2) is 14.8 Å². The summed E-state index contributed by atoms with van der Waals surface area (Å²) in [6, 6.07) is 17.3. The second kappa shape index (κ2) is 17.0. The Balaban J connectivity index is 0.834. The van der Waals surface area contributed by atoms with E-state index >= 15 is 0 Å². The first-order valence-corrected chi connectivity index (χ1v) is 24.6. The topological polar surface area (TPSA) is 215 Å². The first-order valence-electron chi connectivity index (χ1n) is 23.8. The molecule has 10 rings (SSSR count). The number of aliphatic hydroxyl groups is 3. The zero-order chi connectivity index (χ0) is 47.9. The quantitative estimate of drug-likeness (QED) is 0.0626. The molecule has 1 aliphatic heterocycles. The van der Waals surface area contributed by atoms with Crippen LogP contribution in [0.15, 0.2) is 60.8 Å². The molecular weight excluding hydrogens is 885 g/mol. The number of aliphatic hydroxyl groups excluding tert-OH is 3. The minimum Gasteiger partial charge on any atom is -0.476 e. The largest absolute Gasteiger partial charge is 0.476 e. The number of benzene rings is 2. The highest BCUT2D eigenvalue weighted by Crippen LogP contribution is 2.90. The fraction of sp³-hybridized carbons (Fsp3) is 0.529. The molecule has 1 spiro atoms. The second-order valence-electron chi connectivity index (χ2n) is 21.4. The van der Waals surface area contributed by atoms with Crippen LogP contribution < -0.4 is 15.5 Å². The van der Waals surface area contributed by atoms with Crippen LogP contribution in [0.5, 0.6) is 0 Å². The number of carbonyl (C=O) groups excluding carboxylic acids is 2. The first-order chi connectivity index (χ1) is 32.5. The van der Waals surface area contributed by atoms with Crippen LogP contribution in [0.1, 0.15) is 96.5 Å². The fourth-order valence-corrected chi connectivity index (χ4v) is 14.9. The van der Waals surface area contributed by atoms with Crippen LogP contribution in [0.2, 0.25) is 0 Å². The molecule has 6 N–H and O–H groups in total. The summed E-state index contributed by atoms with van der Waals surface area (Å²) in [5.74, 6) is -1.18. The number of carbonyl (C=O) groups is 3. The number of aromatic carboxylic acids is 1. The number of para-hydroxylation sites is 1. The van der Waals surface area contributed by atoms with Crippen LogP contribution in [-0.4, -0.2) is 127 Å². The number of aromatic nitrogens is 4. The normalized spacial score (nSPS) is 26.8. The van der Waals surface area contributed by atoms with Crippen molar-refractivity contribution in [2.75, 3.05) is 63.3 Å². The molecule has 3 aromatic heterocycles. The third kappa shape index (κ3) is 7.69. The molecule has 0 radical (unpaired) electrons. The monoisotopic (exact) mass is 946 g/mol. The van der Waals surface area contributed by atoms with Crippen LogP contribution in [0.4, 0.5) is 10.9 Å². The van der Waals surface area contributed by atoms with E-state index in [-0.39, 0.29) is 51.2 Å². The van der Waals surface area contributed by atoms with Gasteiger partial charge in [0.1, 0.15) is 11.4 Å². The van der Waals surface area contributed by atoms with Gasteiger partial charge in [0.25, 0.3) is 5.91 Å². The number of thiazole rings is 1. The van der Waals surface area contributed by atoms with E-state index in [0.29, 0.717) is 61.3 Å². The molecule has 68 heavy (non-hydrogen) atoms. The zero-order valence-electron chi connectivity index (χ0n) is 39.3. The number of hydrogen-bond acceptors (Lipinski definition) is 13. The van der Waals surface area contributed by atoms with Gasteiger partial charge in [0.15, 0.2) is 10.8 Å². The van der Waals surface area contributed by atoms with Crippen molar-refractivity contribution in [1.82, 2.24) is 30.0 Å². The highest BCUT2D eigenvalue weighted by atomic mass is 32.1. The van der Waals surface area contributed by atoms with Crippen LogP contribution in [-0.2, 0) is 29.0 Å². The van der Waals surface area contributed by atoms with Gasteiger partial charge in [-0.3, -0.25) is 19.6 Å². The lowest BCUT2D eigenvalue weighted by atomic mass is 9.39. The molecule has 3 bridgehead atoms. The van der Waals surface area contributed by atoms with Crippen molar-refractivity contribution in [2.24, 2.45) is 21.7 Å². The van der Waals surface area contributed by atoms with Crippen LogP contribution in [0.25, 0.3) is 21.3 Å². The average Bonchev–Trinajstić information content (AvgIpc) is 3.97. The molecular formula is C51H62N8O8S. The molecule has 5 unspecified atom stereocenters. The number of fused-ring (bicyclic) bond motifs is 4. The standard InChI is InChI=1S/C51H62N8O8S/c1-32-36(34-12-13-40(54-42(34)44(65)66)58-17-14-33-8-7-9-35(37(33)21-58)43(64)55-45-53-38-10-5-6-11-39(38)68-45)20-52-59(32)28-48-25-47(3)22-46(2)23-50(26-48,27-51(47,48)24-46)67-19-18-57(4)16-15-41(63)56-49(29-60,30-61)31-62/h5-13,20,60-62H,14-19,21-31H2,1-4H3,(H,56,63)(H,65,66)(H,53,55,64). The van der Waals surface area contributed by atoms with E-state index in [1.54, 1.807) is 6.20 Å². The van der Waals surface area contributed by atoms with Crippen molar-refractivity contribution in [3.63, 3.8) is 0 Å². The number of amides is 2. The van der Waals surface area contributed by atoms with Gasteiger partial charge in [-0.15, -0.1) is 0 Å². The van der Waals surface area contributed by atoms with Crippen LogP contribution in [0.3, 0.4) is 0 Å². The summed E-state index contributed by atoms with van der Waals surface area (Å²) >= 11 is 1.43. The molecule has 4 heterocycles. The third-order valence-electron chi connectivity index (χ3n) is 16.7. The Morgan fingerprint density at radius 3 is 2.47 bits per heavy atom. The van der Waals surface area contributed by atoms with Crippen LogP contribution >= 0.6 is 11.3 Å². The molecule has 4 saturated carbocycles. The van der Waals surface area contributed by atoms with Crippen molar-refractivity contribution < 1.29 is 39.5 Å². The molecule has 4 aliphatic carbocycles. The number of carboxylic acid groups (broad SMARTS) is 1. The van der Waals surface area contributed by atoms with Gasteiger partial charge >= 0.3 is 5.97 Å². The number of nitrogens with zero attached hydrogens (tertiary/aromatic N) is 6. The lowest BCUT2D eigenvalue weighted by Crippen LogP contribution is -2.60. The third-order valence-corrected chi connectivity index (χ3v) is 17.6. The summed E-state index contributed by atoms with van der Waals surface area (Å²) in [5.41, 5.74) is 4.18. The van der Waals surface area contributed by atoms with Crippen LogP contribution in [0, 0.1) is 28.6 Å². The maximum absolute atomic E-state index is 13.7. The Kier molecular flexibility index (Phi) is 11.6. The Morgan fingerprint density at radius 1 is 0.912 bits per heavy atom. The van der Waals surface area contributed by atoms with Gasteiger partial charge in [-0.1, -0.05) is 49.4 Å². The lowest BCUT2D eigenvalue weighted by Gasteiger charge is -2.65. The summed E-state index contributed by atoms with van der Waals surface area (Å²) in [6.45, 7) is 8.58. The van der Waals surface area contributed by atoms with E-state index in [9.17, 15) is 34.8 Å². The van der Waals surface area contributed by atoms with E-state index in [0.717, 1.165) is 71.2 Å². The molecule has 0 saturated heterocycles. The maximum Gasteiger partial charge on any atom is 0.355 e. The first kappa shape index (κ1) is 46.4. The fourth-order valence-electron chi connectivity index (χ4n) is 14.0. The minimum atomic E-state index is -1.45. The summed E-state index contributed by atoms with van der Waals surface area (Å²) in [6.07, 6.45) is 8.96. The Hall–Kier alpha value is -5.30. The smallest absolute Gasteiger partial charge is 0.355 e. The number of carboxylic acids is 1. The van der Waals surface area contributed by atoms with Crippen molar-refractivity contribution in [1.29, 1.82) is 0 Å². The van der Waals surface area contributed by atoms with Gasteiger partial charge in [0.2, 0.25) is 5.91 Å². The number of ether oxygens (including phenoxy) is 1. The van der Waals surface area contributed by atoms with Crippen molar-refractivity contribution in [3.05, 3.63) is 88.9 Å². The van der Waals surface area contributed by atoms with Crippen molar-refractivity contribution in [2.45, 2.75) is 96.4 Å². The van der Waals surface area contributed by atoms with Gasteiger partial charge < -0.3 is 40.3 Å². The Labute approximate surface area is 399 Å². The molecule has 5 aromatic rings. The van der Waals surface area contributed by atoms with E-state index in [4.69, 9.17) is 14.8 Å². The van der Waals surface area contributed by atoms with E-state index < -0.39 is 31.3 Å². The van der Waals surface area contributed by atoms with Crippen molar-refractivity contribution >= 4 is 50.3 Å². The summed E-state index contributed by atoms with van der Waals surface area (Å²) in [7, 11) is 1.95. The number of hydrogen-bond donors (Lipinski definition) is 6. The highest BCUT2D eigenvalue weighted by Gasteiger charge is 2.84. The van der Waals surface area contributed by atoms with Gasteiger partial charge in [-0.05, 0) is 122 Å². The maximum atomic E-state index is 13.7. The highest BCUT2D eigenvalue weighted by molar-refractivity contribution is 7.22. The van der Waals surface area contributed by atoms with Gasteiger partial charge in [-0.2, -0.15) is 5.10 Å². The Morgan fingerprint density at radius 2 is 1.71 bits per heavy atom. The lowest BCUT2D eigenvalue weighted by molar-refractivity contribution is -0.178. The molecule has 2 amide bonds. The number of anilines is 2. The average molecular weight is 947 g/mol. The molecule has 16 nitrogen and oxygen atoms in total. The predicted octanol–water partition coefficient (Wildman–Crippen LogP) is 5.67. The SMILES string of the molecule is Cc1c(-c2ccc(N3CCc4cccc(C(=O)Nc5nc6ccccc6s5)c4C3)nc2C(=O)O)cnn1CC12CC3(OCCN(C)CCC(=O)NC(CO)(CO)CO)CC4(C)CC(C)(C1)C2(C4)C3. The molecule has 4 fully saturated rings. The summed E-state index contributed by atoms with van der Waals surface area (Å²) in [4.78, 5) is 52.8. The molecule has 5 atom stereocenters. The molecule has 2 aromatic carbocycles. The van der Waals surface area contributed by atoms with Gasteiger partial charge in [0.05, 0.1) is 48.4 Å². The van der Waals surface area contributed by atoms with E-state index in [2.05, 4.69) is 34.1 Å². The predicted molar refractivity (Wildman–Crippen MR) is 258 cm³/mol. The Bertz CT molecular complexity index is 2770. The molecule has 5 aliphatic rings. The number of likely N-dealkylation sites (N-methyl/N-ethyl adjacent to an activating group) is 1. The molecule has 360 valence electrons. The number of nitrogens with one attached hydrogen (secondary N) is 2. The zero-order valence-corrected chi connectivity index (χ0v) is 40.1. The van der Waals surface area contributed by atoms with E-state index in [1.807, 2.05) is 78.4 Å².